The predicted molar refractivity (Wildman–Crippen MR) is 96.4 cm³/mol. The molecule has 2 aromatic rings. The molecule has 1 unspecified atom stereocenters. The summed E-state index contributed by atoms with van der Waals surface area (Å²) < 4.78 is 39.4. The van der Waals surface area contributed by atoms with E-state index in [0.29, 0.717) is 23.2 Å². The normalized spacial score (nSPS) is 12.4. The molecule has 0 fully saturated rings. The fourth-order valence-electron chi connectivity index (χ4n) is 2.36. The van der Waals surface area contributed by atoms with Gasteiger partial charge in [0.1, 0.15) is 5.82 Å². The molecule has 0 aromatic heterocycles. The van der Waals surface area contributed by atoms with Crippen LogP contribution < -0.4 is 10.0 Å². The highest BCUT2D eigenvalue weighted by Crippen LogP contribution is 2.16. The first kappa shape index (κ1) is 18.9. The number of halogens is 1. The Labute approximate surface area is 147 Å². The summed E-state index contributed by atoms with van der Waals surface area (Å²) in [6.45, 7) is 3.53. The Bertz CT molecular complexity index is 853. The van der Waals surface area contributed by atoms with Crippen molar-refractivity contribution in [1.82, 2.24) is 5.32 Å². The van der Waals surface area contributed by atoms with Crippen molar-refractivity contribution in [2.45, 2.75) is 26.3 Å². The van der Waals surface area contributed by atoms with Gasteiger partial charge in [-0.15, -0.1) is 0 Å². The number of amides is 1. The molecule has 0 saturated carbocycles. The van der Waals surface area contributed by atoms with E-state index in [9.17, 15) is 17.6 Å². The van der Waals surface area contributed by atoms with E-state index >= 15 is 0 Å². The van der Waals surface area contributed by atoms with Gasteiger partial charge in [-0.25, -0.2) is 12.8 Å². The SMILES string of the molecule is CCCS(=O)(=O)Nc1cccc(C(=O)NC(C)c2cccc(F)c2)c1. The van der Waals surface area contributed by atoms with Gasteiger partial charge in [-0.05, 0) is 49.2 Å². The first-order valence-corrected chi connectivity index (χ1v) is 9.63. The summed E-state index contributed by atoms with van der Waals surface area (Å²) in [4.78, 5) is 12.4. The van der Waals surface area contributed by atoms with Crippen LogP contribution in [0, 0.1) is 5.82 Å². The van der Waals surface area contributed by atoms with Crippen LogP contribution in [0.25, 0.3) is 0 Å². The van der Waals surface area contributed by atoms with Crippen molar-refractivity contribution in [3.8, 4) is 0 Å². The van der Waals surface area contributed by atoms with E-state index < -0.39 is 10.0 Å². The number of hydrogen-bond donors (Lipinski definition) is 2. The Morgan fingerprint density at radius 3 is 2.56 bits per heavy atom. The third-order valence-electron chi connectivity index (χ3n) is 3.57. The van der Waals surface area contributed by atoms with Crippen LogP contribution in [-0.4, -0.2) is 20.1 Å². The number of nitrogens with one attached hydrogen (secondary N) is 2. The first-order valence-electron chi connectivity index (χ1n) is 7.97. The van der Waals surface area contributed by atoms with E-state index in [1.165, 1.54) is 18.2 Å². The highest BCUT2D eigenvalue weighted by atomic mass is 32.2. The molecule has 0 heterocycles. The van der Waals surface area contributed by atoms with Gasteiger partial charge < -0.3 is 5.32 Å². The summed E-state index contributed by atoms with van der Waals surface area (Å²) in [5, 5.41) is 2.77. The molecule has 25 heavy (non-hydrogen) atoms. The zero-order valence-corrected chi connectivity index (χ0v) is 14.9. The molecule has 2 rings (SSSR count). The second-order valence-corrected chi connectivity index (χ2v) is 7.59. The Balaban J connectivity index is 2.10. The highest BCUT2D eigenvalue weighted by molar-refractivity contribution is 7.92. The minimum atomic E-state index is -3.42. The number of hydrogen-bond acceptors (Lipinski definition) is 3. The van der Waals surface area contributed by atoms with Crippen LogP contribution in [0.5, 0.6) is 0 Å². The topological polar surface area (TPSA) is 75.3 Å². The summed E-state index contributed by atoms with van der Waals surface area (Å²) in [5.41, 5.74) is 1.30. The zero-order chi connectivity index (χ0) is 18.4. The summed E-state index contributed by atoms with van der Waals surface area (Å²) in [5.74, 6) is -0.723. The summed E-state index contributed by atoms with van der Waals surface area (Å²) in [7, 11) is -3.42. The minimum absolute atomic E-state index is 0.0139. The third kappa shape index (κ3) is 5.56. The van der Waals surface area contributed by atoms with E-state index in [2.05, 4.69) is 10.0 Å². The Morgan fingerprint density at radius 2 is 1.88 bits per heavy atom. The van der Waals surface area contributed by atoms with Gasteiger partial charge in [0.15, 0.2) is 0 Å². The third-order valence-corrected chi connectivity index (χ3v) is 5.06. The molecule has 5 nitrogen and oxygen atoms in total. The summed E-state index contributed by atoms with van der Waals surface area (Å²) in [6, 6.07) is 11.9. The van der Waals surface area contributed by atoms with E-state index in [-0.39, 0.29) is 23.5 Å². The predicted octanol–water partition coefficient (Wildman–Crippen LogP) is 3.47. The average molecular weight is 364 g/mol. The molecule has 1 amide bonds. The second kappa shape index (κ2) is 8.11. The van der Waals surface area contributed by atoms with Crippen molar-refractivity contribution >= 4 is 21.6 Å². The van der Waals surface area contributed by atoms with Gasteiger partial charge in [0.2, 0.25) is 10.0 Å². The lowest BCUT2D eigenvalue weighted by atomic mass is 10.1. The number of rotatable bonds is 7. The van der Waals surface area contributed by atoms with Gasteiger partial charge in [0, 0.05) is 11.3 Å². The van der Waals surface area contributed by atoms with Crippen molar-refractivity contribution in [2.75, 3.05) is 10.5 Å². The van der Waals surface area contributed by atoms with E-state index in [4.69, 9.17) is 0 Å². The first-order chi connectivity index (χ1) is 11.8. The molecule has 1 atom stereocenters. The number of carbonyl (C=O) groups is 1. The molecular formula is C18H21FN2O3S. The molecule has 0 spiro atoms. The van der Waals surface area contributed by atoms with Crippen LogP contribution in [-0.2, 0) is 10.0 Å². The molecule has 2 aromatic carbocycles. The number of sulfonamides is 1. The molecular weight excluding hydrogens is 343 g/mol. The van der Waals surface area contributed by atoms with Crippen molar-refractivity contribution < 1.29 is 17.6 Å². The van der Waals surface area contributed by atoms with Gasteiger partial charge in [-0.3, -0.25) is 9.52 Å². The smallest absolute Gasteiger partial charge is 0.251 e. The average Bonchev–Trinajstić information content (AvgIpc) is 2.54. The Kier molecular flexibility index (Phi) is 6.14. The maximum Gasteiger partial charge on any atom is 0.251 e. The van der Waals surface area contributed by atoms with Crippen molar-refractivity contribution in [1.29, 1.82) is 0 Å². The van der Waals surface area contributed by atoms with Crippen LogP contribution in [0.15, 0.2) is 48.5 Å². The van der Waals surface area contributed by atoms with Gasteiger partial charge in [-0.2, -0.15) is 0 Å². The number of anilines is 1. The summed E-state index contributed by atoms with van der Waals surface area (Å²) in [6.07, 6.45) is 0.501. The Hall–Kier alpha value is -2.41. The van der Waals surface area contributed by atoms with Crippen molar-refractivity contribution in [2.24, 2.45) is 0 Å². The van der Waals surface area contributed by atoms with Crippen LogP contribution >= 0.6 is 0 Å². The van der Waals surface area contributed by atoms with Gasteiger partial charge in [0.05, 0.1) is 11.8 Å². The van der Waals surface area contributed by atoms with Crippen molar-refractivity contribution in [3.05, 3.63) is 65.5 Å². The maximum atomic E-state index is 13.3. The zero-order valence-electron chi connectivity index (χ0n) is 14.1. The standard InChI is InChI=1S/C18H21FN2O3S/c1-3-10-25(23,24)21-17-9-5-7-15(12-17)18(22)20-13(2)14-6-4-8-16(19)11-14/h4-9,11-13,21H,3,10H2,1-2H3,(H,20,22). The summed E-state index contributed by atoms with van der Waals surface area (Å²) >= 11 is 0. The molecule has 7 heteroatoms. The number of carbonyl (C=O) groups excluding carboxylic acids is 1. The molecule has 0 aliphatic rings. The quantitative estimate of drug-likeness (QED) is 0.790. The fraction of sp³-hybridized carbons (Fsp3) is 0.278. The highest BCUT2D eigenvalue weighted by Gasteiger charge is 2.14. The largest absolute Gasteiger partial charge is 0.346 e. The van der Waals surface area contributed by atoms with Crippen LogP contribution in [0.3, 0.4) is 0 Å². The van der Waals surface area contributed by atoms with Gasteiger partial charge >= 0.3 is 0 Å². The molecule has 0 aliphatic heterocycles. The molecule has 0 saturated heterocycles. The van der Waals surface area contributed by atoms with Crippen LogP contribution in [0.2, 0.25) is 0 Å². The lowest BCUT2D eigenvalue weighted by molar-refractivity contribution is 0.0940. The fourth-order valence-corrected chi connectivity index (χ4v) is 3.49. The monoisotopic (exact) mass is 364 g/mol. The molecule has 134 valence electrons. The van der Waals surface area contributed by atoms with E-state index in [0.717, 1.165) is 0 Å². The lowest BCUT2D eigenvalue weighted by Gasteiger charge is -2.15. The van der Waals surface area contributed by atoms with Gasteiger partial charge in [-0.1, -0.05) is 25.1 Å². The Morgan fingerprint density at radius 1 is 1.16 bits per heavy atom. The minimum Gasteiger partial charge on any atom is -0.346 e. The van der Waals surface area contributed by atoms with Gasteiger partial charge in [0.25, 0.3) is 5.91 Å². The number of benzene rings is 2. The maximum absolute atomic E-state index is 13.3. The van der Waals surface area contributed by atoms with Crippen molar-refractivity contribution in [3.63, 3.8) is 0 Å². The molecule has 2 N–H and O–H groups in total. The van der Waals surface area contributed by atoms with Crippen LogP contribution in [0.4, 0.5) is 10.1 Å². The second-order valence-electron chi connectivity index (χ2n) is 5.75. The molecule has 0 radical (unpaired) electrons. The lowest BCUT2D eigenvalue weighted by Crippen LogP contribution is -2.26. The van der Waals surface area contributed by atoms with Crippen LogP contribution in [0.1, 0.15) is 42.2 Å². The van der Waals surface area contributed by atoms with E-state index in [1.54, 1.807) is 44.2 Å². The van der Waals surface area contributed by atoms with E-state index in [1.807, 2.05) is 0 Å². The molecule has 0 aliphatic carbocycles. The molecule has 0 bridgehead atoms.